The van der Waals surface area contributed by atoms with Gasteiger partial charge in [-0.2, -0.15) is 0 Å². The average Bonchev–Trinajstić information content (AvgIpc) is 2.35. The van der Waals surface area contributed by atoms with Gasteiger partial charge in [0.1, 0.15) is 6.10 Å². The first-order valence-electron chi connectivity index (χ1n) is 5.50. The molecule has 0 fully saturated rings. The fraction of sp³-hybridized carbons (Fsp3) is 0.214. The summed E-state index contributed by atoms with van der Waals surface area (Å²) in [4.78, 5) is 4.24. The van der Waals surface area contributed by atoms with Crippen molar-refractivity contribution >= 4 is 15.9 Å². The highest BCUT2D eigenvalue weighted by Crippen LogP contribution is 2.23. The van der Waals surface area contributed by atoms with Crippen LogP contribution >= 0.6 is 15.9 Å². The smallest absolute Gasteiger partial charge is 0.214 e. The SMILES string of the molecule is Cc1cc(OC(C)c2ccccc2)ncc1Br. The first-order valence-corrected chi connectivity index (χ1v) is 6.30. The van der Waals surface area contributed by atoms with Gasteiger partial charge >= 0.3 is 0 Å². The molecule has 0 saturated carbocycles. The Hall–Kier alpha value is -1.35. The summed E-state index contributed by atoms with van der Waals surface area (Å²) in [5, 5.41) is 0. The topological polar surface area (TPSA) is 22.1 Å². The van der Waals surface area contributed by atoms with Gasteiger partial charge in [0, 0.05) is 16.7 Å². The average molecular weight is 292 g/mol. The van der Waals surface area contributed by atoms with Crippen LogP contribution in [0.1, 0.15) is 24.2 Å². The molecule has 0 spiro atoms. The molecule has 0 radical (unpaired) electrons. The van der Waals surface area contributed by atoms with Crippen LogP contribution in [0.2, 0.25) is 0 Å². The molecule has 0 aliphatic rings. The maximum absolute atomic E-state index is 5.80. The van der Waals surface area contributed by atoms with Gasteiger partial charge in [0.15, 0.2) is 0 Å². The van der Waals surface area contributed by atoms with Crippen LogP contribution in [0.3, 0.4) is 0 Å². The van der Waals surface area contributed by atoms with E-state index in [9.17, 15) is 0 Å². The molecule has 0 amide bonds. The zero-order valence-corrected chi connectivity index (χ0v) is 11.4. The van der Waals surface area contributed by atoms with Crippen molar-refractivity contribution in [2.45, 2.75) is 20.0 Å². The van der Waals surface area contributed by atoms with Gasteiger partial charge in [0.05, 0.1) is 0 Å². The molecule has 0 saturated heterocycles. The van der Waals surface area contributed by atoms with Crippen molar-refractivity contribution in [2.75, 3.05) is 0 Å². The van der Waals surface area contributed by atoms with Gasteiger partial charge in [0.25, 0.3) is 0 Å². The van der Waals surface area contributed by atoms with Gasteiger partial charge < -0.3 is 4.74 Å². The normalized spacial score (nSPS) is 12.2. The second-order valence-electron chi connectivity index (χ2n) is 3.94. The predicted molar refractivity (Wildman–Crippen MR) is 72.2 cm³/mol. The van der Waals surface area contributed by atoms with Crippen molar-refractivity contribution in [3.63, 3.8) is 0 Å². The molecule has 1 unspecified atom stereocenters. The molecule has 2 nitrogen and oxygen atoms in total. The standard InChI is InChI=1S/C14H14BrNO/c1-10-8-14(16-9-13(10)15)17-11(2)12-6-4-3-5-7-12/h3-9,11H,1-2H3. The van der Waals surface area contributed by atoms with E-state index in [2.05, 4.69) is 33.0 Å². The lowest BCUT2D eigenvalue weighted by atomic mass is 10.1. The zero-order chi connectivity index (χ0) is 12.3. The number of benzene rings is 1. The highest BCUT2D eigenvalue weighted by atomic mass is 79.9. The number of nitrogens with zero attached hydrogens (tertiary/aromatic N) is 1. The van der Waals surface area contributed by atoms with Gasteiger partial charge in [0.2, 0.25) is 5.88 Å². The third-order valence-corrected chi connectivity index (χ3v) is 3.42. The molecule has 0 aliphatic carbocycles. The number of halogens is 1. The first kappa shape index (κ1) is 12.1. The summed E-state index contributed by atoms with van der Waals surface area (Å²) >= 11 is 3.42. The summed E-state index contributed by atoms with van der Waals surface area (Å²) in [6.45, 7) is 4.04. The summed E-state index contributed by atoms with van der Waals surface area (Å²) in [5.74, 6) is 0.655. The van der Waals surface area contributed by atoms with Crippen LogP contribution in [0.25, 0.3) is 0 Å². The largest absolute Gasteiger partial charge is 0.470 e. The molecular formula is C14H14BrNO. The number of pyridine rings is 1. The third kappa shape index (κ3) is 3.07. The molecule has 2 rings (SSSR count). The minimum atomic E-state index is 0.00396. The molecule has 17 heavy (non-hydrogen) atoms. The van der Waals surface area contributed by atoms with Gasteiger partial charge in [-0.3, -0.25) is 0 Å². The lowest BCUT2D eigenvalue weighted by Gasteiger charge is -2.14. The summed E-state index contributed by atoms with van der Waals surface area (Å²) in [5.41, 5.74) is 2.27. The van der Waals surface area contributed by atoms with E-state index in [0.717, 1.165) is 15.6 Å². The van der Waals surface area contributed by atoms with E-state index in [1.165, 1.54) is 0 Å². The van der Waals surface area contributed by atoms with Crippen LogP contribution in [0, 0.1) is 6.92 Å². The van der Waals surface area contributed by atoms with Crippen molar-refractivity contribution in [1.82, 2.24) is 4.98 Å². The van der Waals surface area contributed by atoms with Gasteiger partial charge in [-0.15, -0.1) is 0 Å². The van der Waals surface area contributed by atoms with Crippen molar-refractivity contribution in [2.24, 2.45) is 0 Å². The van der Waals surface area contributed by atoms with E-state index >= 15 is 0 Å². The van der Waals surface area contributed by atoms with Crippen LogP contribution in [0.5, 0.6) is 5.88 Å². The van der Waals surface area contributed by atoms with Crippen LogP contribution < -0.4 is 4.74 Å². The fourth-order valence-corrected chi connectivity index (χ4v) is 1.77. The van der Waals surface area contributed by atoms with E-state index in [-0.39, 0.29) is 6.10 Å². The Labute approximate surface area is 110 Å². The Morgan fingerprint density at radius 3 is 2.59 bits per heavy atom. The number of hydrogen-bond donors (Lipinski definition) is 0. The highest BCUT2D eigenvalue weighted by molar-refractivity contribution is 9.10. The van der Waals surface area contributed by atoms with Crippen molar-refractivity contribution in [3.05, 3.63) is 58.2 Å². The Morgan fingerprint density at radius 1 is 1.24 bits per heavy atom. The van der Waals surface area contributed by atoms with Gasteiger partial charge in [-0.05, 0) is 40.9 Å². The lowest BCUT2D eigenvalue weighted by molar-refractivity contribution is 0.217. The van der Waals surface area contributed by atoms with Crippen molar-refractivity contribution < 1.29 is 4.74 Å². The number of aromatic nitrogens is 1. The highest BCUT2D eigenvalue weighted by Gasteiger charge is 2.08. The molecular weight excluding hydrogens is 278 g/mol. The van der Waals surface area contributed by atoms with E-state index in [0.29, 0.717) is 5.88 Å². The predicted octanol–water partition coefficient (Wildman–Crippen LogP) is 4.29. The molecule has 1 aromatic carbocycles. The first-order chi connectivity index (χ1) is 8.16. The molecule has 1 atom stereocenters. The van der Waals surface area contributed by atoms with Crippen molar-refractivity contribution in [1.29, 1.82) is 0 Å². The molecule has 88 valence electrons. The minimum Gasteiger partial charge on any atom is -0.470 e. The second-order valence-corrected chi connectivity index (χ2v) is 4.80. The summed E-state index contributed by atoms with van der Waals surface area (Å²) in [6.07, 6.45) is 1.77. The Bertz CT molecular complexity index is 499. The van der Waals surface area contributed by atoms with Gasteiger partial charge in [-0.1, -0.05) is 30.3 Å². The zero-order valence-electron chi connectivity index (χ0n) is 9.85. The second kappa shape index (κ2) is 5.32. The van der Waals surface area contributed by atoms with Crippen LogP contribution in [0.4, 0.5) is 0 Å². The molecule has 1 aromatic heterocycles. The van der Waals surface area contributed by atoms with Crippen LogP contribution in [0.15, 0.2) is 47.1 Å². The Balaban J connectivity index is 2.13. The minimum absolute atomic E-state index is 0.00396. The molecule has 0 N–H and O–H groups in total. The summed E-state index contributed by atoms with van der Waals surface area (Å²) < 4.78 is 6.80. The number of aryl methyl sites for hydroxylation is 1. The quantitative estimate of drug-likeness (QED) is 0.841. The lowest BCUT2D eigenvalue weighted by Crippen LogP contribution is -2.04. The van der Waals surface area contributed by atoms with Crippen LogP contribution in [-0.2, 0) is 0 Å². The van der Waals surface area contributed by atoms with E-state index in [4.69, 9.17) is 4.74 Å². The van der Waals surface area contributed by atoms with Gasteiger partial charge in [-0.25, -0.2) is 4.98 Å². The maximum atomic E-state index is 5.80. The third-order valence-electron chi connectivity index (χ3n) is 2.59. The maximum Gasteiger partial charge on any atom is 0.214 e. The molecule has 0 aliphatic heterocycles. The molecule has 3 heteroatoms. The van der Waals surface area contributed by atoms with Crippen molar-refractivity contribution in [3.8, 4) is 5.88 Å². The van der Waals surface area contributed by atoms with E-state index in [1.54, 1.807) is 6.20 Å². The van der Waals surface area contributed by atoms with E-state index < -0.39 is 0 Å². The van der Waals surface area contributed by atoms with E-state index in [1.807, 2.05) is 38.1 Å². The summed E-state index contributed by atoms with van der Waals surface area (Å²) in [6, 6.07) is 12.1. The fourth-order valence-electron chi connectivity index (χ4n) is 1.55. The number of rotatable bonds is 3. The Morgan fingerprint density at radius 2 is 1.94 bits per heavy atom. The molecule has 0 bridgehead atoms. The Kier molecular flexibility index (Phi) is 3.79. The monoisotopic (exact) mass is 291 g/mol. The summed E-state index contributed by atoms with van der Waals surface area (Å²) in [7, 11) is 0. The number of ether oxygens (including phenoxy) is 1. The molecule has 2 aromatic rings. The molecule has 1 heterocycles. The number of hydrogen-bond acceptors (Lipinski definition) is 2. The van der Waals surface area contributed by atoms with Crippen LogP contribution in [-0.4, -0.2) is 4.98 Å².